The van der Waals surface area contributed by atoms with E-state index in [1.54, 1.807) is 6.08 Å². The summed E-state index contributed by atoms with van der Waals surface area (Å²) in [4.78, 5) is 11.8. The average Bonchev–Trinajstić information content (AvgIpc) is 3.60. The molecule has 3 nitrogen and oxygen atoms in total. The predicted octanol–water partition coefficient (Wildman–Crippen LogP) is 8.87. The van der Waals surface area contributed by atoms with Gasteiger partial charge in [0.15, 0.2) is 0 Å². The highest BCUT2D eigenvalue weighted by Crippen LogP contribution is 2.57. The van der Waals surface area contributed by atoms with Gasteiger partial charge in [-0.15, -0.1) is 0 Å². The van der Waals surface area contributed by atoms with E-state index < -0.39 is 0 Å². The average molecular weight is 495 g/mol. The number of hydrogen-bond donors (Lipinski definition) is 0. The van der Waals surface area contributed by atoms with Crippen molar-refractivity contribution in [3.63, 3.8) is 0 Å². The fraction of sp³-hybridized carbons (Fsp3) is 0.667. The number of benzene rings is 1. The predicted molar refractivity (Wildman–Crippen MR) is 151 cm³/mol. The maximum absolute atomic E-state index is 11.8. The maximum atomic E-state index is 11.8. The number of ether oxygens (including phenoxy) is 2. The molecule has 1 aromatic carbocycles. The molecule has 0 radical (unpaired) electrons. The standard InChI is InChI=1S/C33H50O3/c1-8-10-11-12-13-21-36-29-24-27-26(31(4,5)17-18-32(27,6)7)23-28(29)33(19-20-33)16-14-15-25(3)22-30(34)35-9-2/h14-15,22-24H,8-13,16-21H2,1-7H3. The molecule has 0 aromatic heterocycles. The van der Waals surface area contributed by atoms with E-state index in [9.17, 15) is 4.79 Å². The highest BCUT2D eigenvalue weighted by molar-refractivity contribution is 5.83. The van der Waals surface area contributed by atoms with Gasteiger partial charge in [-0.1, -0.05) is 78.5 Å². The minimum Gasteiger partial charge on any atom is -0.493 e. The highest BCUT2D eigenvalue weighted by Gasteiger charge is 2.47. The number of carbonyl (C=O) groups excluding carboxylic acids is 1. The minimum atomic E-state index is -0.269. The zero-order chi connectivity index (χ0) is 26.4. The Morgan fingerprint density at radius 1 is 0.889 bits per heavy atom. The Labute approximate surface area is 220 Å². The van der Waals surface area contributed by atoms with Crippen LogP contribution in [0.3, 0.4) is 0 Å². The fourth-order valence-corrected chi connectivity index (χ4v) is 5.64. The molecule has 3 rings (SSSR count). The molecule has 3 heteroatoms. The van der Waals surface area contributed by atoms with Crippen LogP contribution in [0.25, 0.3) is 0 Å². The van der Waals surface area contributed by atoms with E-state index in [0.29, 0.717) is 6.61 Å². The van der Waals surface area contributed by atoms with Crippen LogP contribution < -0.4 is 4.74 Å². The highest BCUT2D eigenvalue weighted by atomic mass is 16.5. The van der Waals surface area contributed by atoms with Gasteiger partial charge in [-0.25, -0.2) is 4.79 Å². The summed E-state index contributed by atoms with van der Waals surface area (Å²) in [7, 11) is 0. The first kappa shape index (κ1) is 28.5. The summed E-state index contributed by atoms with van der Waals surface area (Å²) in [6.45, 7) is 16.9. The number of rotatable bonds is 13. The first-order valence-electron chi connectivity index (χ1n) is 14.4. The molecule has 1 aromatic rings. The molecule has 0 aliphatic heterocycles. The third-order valence-corrected chi connectivity index (χ3v) is 8.40. The van der Waals surface area contributed by atoms with Crippen molar-refractivity contribution in [2.24, 2.45) is 0 Å². The van der Waals surface area contributed by atoms with E-state index in [4.69, 9.17) is 9.47 Å². The van der Waals surface area contributed by atoms with Crippen molar-refractivity contribution >= 4 is 5.97 Å². The van der Waals surface area contributed by atoms with Gasteiger partial charge in [-0.3, -0.25) is 0 Å². The first-order valence-corrected chi connectivity index (χ1v) is 14.4. The lowest BCUT2D eigenvalue weighted by Crippen LogP contribution is -2.34. The zero-order valence-electron chi connectivity index (χ0n) is 24.1. The van der Waals surface area contributed by atoms with Crippen molar-refractivity contribution in [2.45, 2.75) is 129 Å². The topological polar surface area (TPSA) is 35.5 Å². The van der Waals surface area contributed by atoms with E-state index in [0.717, 1.165) is 30.8 Å². The molecule has 0 unspecified atom stereocenters. The van der Waals surface area contributed by atoms with Gasteiger partial charge in [0.1, 0.15) is 5.75 Å². The molecule has 2 aliphatic carbocycles. The van der Waals surface area contributed by atoms with Crippen LogP contribution in [-0.2, 0) is 25.8 Å². The van der Waals surface area contributed by atoms with E-state index in [1.165, 1.54) is 68.1 Å². The Bertz CT molecular complexity index is 959. The van der Waals surface area contributed by atoms with Gasteiger partial charge < -0.3 is 9.47 Å². The second kappa shape index (κ2) is 12.0. The van der Waals surface area contributed by atoms with Crippen LogP contribution in [-0.4, -0.2) is 19.2 Å². The number of unbranched alkanes of at least 4 members (excludes halogenated alkanes) is 4. The van der Waals surface area contributed by atoms with E-state index in [-0.39, 0.29) is 22.2 Å². The lowest BCUT2D eigenvalue weighted by molar-refractivity contribution is -0.137. The largest absolute Gasteiger partial charge is 0.493 e. The fourth-order valence-electron chi connectivity index (χ4n) is 5.64. The summed E-state index contributed by atoms with van der Waals surface area (Å²) in [5.74, 6) is 0.842. The normalized spacial score (nSPS) is 19.7. The SMILES string of the molecule is CCCCCCCOc1cc2c(cc1C1(CC=CC(C)=CC(=O)OCC)CC1)C(C)(C)CCC2(C)C. The minimum absolute atomic E-state index is 0.144. The van der Waals surface area contributed by atoms with Crippen LogP contribution in [0.5, 0.6) is 5.75 Å². The smallest absolute Gasteiger partial charge is 0.330 e. The second-order valence-electron chi connectivity index (χ2n) is 12.5. The van der Waals surface area contributed by atoms with Crippen LogP contribution >= 0.6 is 0 Å². The quantitative estimate of drug-likeness (QED) is 0.119. The van der Waals surface area contributed by atoms with Crippen molar-refractivity contribution in [3.05, 3.63) is 52.6 Å². The molecule has 0 bridgehead atoms. The molecule has 0 heterocycles. The maximum Gasteiger partial charge on any atom is 0.330 e. The Hall–Kier alpha value is -2.03. The molecule has 0 N–H and O–H groups in total. The van der Waals surface area contributed by atoms with Crippen LogP contribution in [0.2, 0.25) is 0 Å². The molecule has 36 heavy (non-hydrogen) atoms. The molecule has 0 spiro atoms. The lowest BCUT2D eigenvalue weighted by atomic mass is 9.62. The number of carbonyl (C=O) groups is 1. The molecule has 2 aliphatic rings. The Morgan fingerprint density at radius 3 is 2.14 bits per heavy atom. The van der Waals surface area contributed by atoms with Gasteiger partial charge >= 0.3 is 5.97 Å². The molecule has 0 atom stereocenters. The molecule has 0 saturated heterocycles. The molecule has 1 saturated carbocycles. The van der Waals surface area contributed by atoms with Gasteiger partial charge in [-0.2, -0.15) is 0 Å². The van der Waals surface area contributed by atoms with Gasteiger partial charge in [0.05, 0.1) is 13.2 Å². The van der Waals surface area contributed by atoms with Crippen LogP contribution in [0.4, 0.5) is 0 Å². The summed E-state index contributed by atoms with van der Waals surface area (Å²) in [6, 6.07) is 4.93. The summed E-state index contributed by atoms with van der Waals surface area (Å²) in [6.07, 6.45) is 17.9. The third-order valence-electron chi connectivity index (χ3n) is 8.40. The van der Waals surface area contributed by atoms with E-state index >= 15 is 0 Å². The lowest BCUT2D eigenvalue weighted by Gasteiger charge is -2.42. The summed E-state index contributed by atoms with van der Waals surface area (Å²) in [5.41, 5.74) is 5.82. The van der Waals surface area contributed by atoms with Crippen molar-refractivity contribution in [2.75, 3.05) is 13.2 Å². The van der Waals surface area contributed by atoms with Gasteiger partial charge in [0.25, 0.3) is 0 Å². The zero-order valence-corrected chi connectivity index (χ0v) is 24.1. The number of esters is 1. The van der Waals surface area contributed by atoms with Crippen LogP contribution in [0.15, 0.2) is 35.9 Å². The van der Waals surface area contributed by atoms with Crippen molar-refractivity contribution in [1.82, 2.24) is 0 Å². The molecule has 200 valence electrons. The van der Waals surface area contributed by atoms with Gasteiger partial charge in [-0.05, 0) is 86.0 Å². The second-order valence-corrected chi connectivity index (χ2v) is 12.5. The van der Waals surface area contributed by atoms with Gasteiger partial charge in [0.2, 0.25) is 0 Å². The van der Waals surface area contributed by atoms with Gasteiger partial charge in [0, 0.05) is 17.1 Å². The van der Waals surface area contributed by atoms with Crippen molar-refractivity contribution < 1.29 is 14.3 Å². The number of hydrogen-bond acceptors (Lipinski definition) is 3. The van der Waals surface area contributed by atoms with Crippen molar-refractivity contribution in [3.8, 4) is 5.75 Å². The molecule has 1 fully saturated rings. The number of fused-ring (bicyclic) bond motifs is 1. The van der Waals surface area contributed by atoms with E-state index in [2.05, 4.69) is 58.9 Å². The van der Waals surface area contributed by atoms with Crippen LogP contribution in [0, 0.1) is 0 Å². The first-order chi connectivity index (χ1) is 17.0. The Morgan fingerprint density at radius 2 is 1.53 bits per heavy atom. The third kappa shape index (κ3) is 7.05. The van der Waals surface area contributed by atoms with Crippen LogP contribution in [0.1, 0.15) is 129 Å². The molecular weight excluding hydrogens is 444 g/mol. The van der Waals surface area contributed by atoms with E-state index in [1.807, 2.05) is 13.8 Å². The Balaban J connectivity index is 1.87. The van der Waals surface area contributed by atoms with Crippen molar-refractivity contribution in [1.29, 1.82) is 0 Å². The molecular formula is C33H50O3. The summed E-state index contributed by atoms with van der Waals surface area (Å²) < 4.78 is 11.6. The molecule has 0 amide bonds. The monoisotopic (exact) mass is 494 g/mol. The summed E-state index contributed by atoms with van der Waals surface area (Å²) >= 11 is 0. The summed E-state index contributed by atoms with van der Waals surface area (Å²) in [5, 5.41) is 0. The Kier molecular flexibility index (Phi) is 9.52. The number of allylic oxidation sites excluding steroid dienone is 3.